The molecule has 1 aromatic rings. The number of nitrogens with zero attached hydrogens (tertiary/aromatic N) is 1. The Kier molecular flexibility index (Phi) is 4.43. The Morgan fingerprint density at radius 3 is 2.80 bits per heavy atom. The van der Waals surface area contributed by atoms with Crippen LogP contribution in [0.2, 0.25) is 0 Å². The first-order valence-corrected chi connectivity index (χ1v) is 7.88. The highest BCUT2D eigenvalue weighted by atomic mass is 32.2. The Balaban J connectivity index is 2.33. The number of benzene rings is 1. The topological polar surface area (TPSA) is 63.4 Å². The quantitative estimate of drug-likeness (QED) is 0.833. The van der Waals surface area contributed by atoms with Gasteiger partial charge in [-0.2, -0.15) is 4.31 Å². The van der Waals surface area contributed by atoms with Crippen molar-refractivity contribution in [3.8, 4) is 11.8 Å². The number of nitrogens with two attached hydrogens (primary N) is 1. The predicted molar refractivity (Wildman–Crippen MR) is 74.9 cm³/mol. The van der Waals surface area contributed by atoms with Gasteiger partial charge < -0.3 is 5.73 Å². The molecule has 20 heavy (non-hydrogen) atoms. The smallest absolute Gasteiger partial charge is 0.245 e. The van der Waals surface area contributed by atoms with Gasteiger partial charge in [-0.05, 0) is 30.5 Å². The van der Waals surface area contributed by atoms with E-state index in [9.17, 15) is 12.8 Å². The van der Waals surface area contributed by atoms with Crippen molar-refractivity contribution in [2.45, 2.75) is 18.2 Å². The van der Waals surface area contributed by atoms with Crippen LogP contribution >= 0.6 is 0 Å². The zero-order chi connectivity index (χ0) is 14.8. The maximum atomic E-state index is 14.0. The number of halogens is 1. The first kappa shape index (κ1) is 15.0. The Morgan fingerprint density at radius 2 is 2.25 bits per heavy atom. The highest BCUT2D eigenvalue weighted by Crippen LogP contribution is 2.25. The van der Waals surface area contributed by atoms with Crippen LogP contribution in [0, 0.1) is 23.6 Å². The molecular weight excluding hydrogens is 279 g/mol. The Hall–Kier alpha value is -1.42. The summed E-state index contributed by atoms with van der Waals surface area (Å²) in [6, 6.07) is 3.90. The molecule has 0 aromatic heterocycles. The number of hydrogen-bond donors (Lipinski definition) is 1. The van der Waals surface area contributed by atoms with Crippen LogP contribution in [0.5, 0.6) is 0 Å². The van der Waals surface area contributed by atoms with Crippen LogP contribution in [-0.2, 0) is 10.0 Å². The van der Waals surface area contributed by atoms with Gasteiger partial charge in [0.25, 0.3) is 0 Å². The van der Waals surface area contributed by atoms with E-state index in [2.05, 4.69) is 11.8 Å². The average Bonchev–Trinajstić information content (AvgIpc) is 2.83. The third kappa shape index (κ3) is 3.01. The molecule has 1 aliphatic heterocycles. The van der Waals surface area contributed by atoms with Crippen molar-refractivity contribution in [3.05, 3.63) is 29.6 Å². The van der Waals surface area contributed by atoms with Crippen molar-refractivity contribution in [3.63, 3.8) is 0 Å². The molecule has 4 nitrogen and oxygen atoms in total. The molecular formula is C14H17FN2O2S. The second kappa shape index (κ2) is 5.92. The molecule has 0 aliphatic carbocycles. The molecule has 6 heteroatoms. The maximum Gasteiger partial charge on any atom is 0.245 e. The monoisotopic (exact) mass is 296 g/mol. The summed E-state index contributed by atoms with van der Waals surface area (Å²) in [4.78, 5) is -0.287. The molecule has 0 spiro atoms. The fourth-order valence-electron chi connectivity index (χ4n) is 2.19. The van der Waals surface area contributed by atoms with Gasteiger partial charge in [-0.3, -0.25) is 0 Å². The Bertz CT molecular complexity index is 661. The van der Waals surface area contributed by atoms with Crippen LogP contribution in [0.25, 0.3) is 0 Å². The van der Waals surface area contributed by atoms with Crippen molar-refractivity contribution in [1.82, 2.24) is 4.31 Å². The van der Waals surface area contributed by atoms with E-state index in [1.165, 1.54) is 16.4 Å². The molecule has 0 amide bonds. The van der Waals surface area contributed by atoms with Gasteiger partial charge in [0.1, 0.15) is 10.7 Å². The number of hydrogen-bond acceptors (Lipinski definition) is 3. The zero-order valence-corrected chi connectivity index (χ0v) is 12.1. The molecule has 2 N–H and O–H groups in total. The van der Waals surface area contributed by atoms with Gasteiger partial charge in [-0.15, -0.1) is 0 Å². The van der Waals surface area contributed by atoms with Crippen molar-refractivity contribution in [1.29, 1.82) is 0 Å². The van der Waals surface area contributed by atoms with Crippen molar-refractivity contribution >= 4 is 10.0 Å². The Labute approximate surface area is 118 Å². The van der Waals surface area contributed by atoms with Gasteiger partial charge in [0.05, 0.1) is 6.54 Å². The van der Waals surface area contributed by atoms with Crippen LogP contribution < -0.4 is 5.73 Å². The fraction of sp³-hybridized carbons (Fsp3) is 0.429. The summed E-state index contributed by atoms with van der Waals surface area (Å²) in [5.41, 5.74) is 5.66. The lowest BCUT2D eigenvalue weighted by Gasteiger charge is -2.16. The summed E-state index contributed by atoms with van der Waals surface area (Å²) < 4.78 is 40.1. The minimum atomic E-state index is -3.75. The summed E-state index contributed by atoms with van der Waals surface area (Å²) in [5.74, 6) is 4.82. The first-order chi connectivity index (χ1) is 9.45. The molecule has 2 rings (SSSR count). The summed E-state index contributed by atoms with van der Waals surface area (Å²) >= 11 is 0. The third-order valence-corrected chi connectivity index (χ3v) is 5.17. The van der Waals surface area contributed by atoms with Crippen LogP contribution in [-0.4, -0.2) is 32.4 Å². The fourth-order valence-corrected chi connectivity index (χ4v) is 3.81. The minimum Gasteiger partial charge on any atom is -0.320 e. The standard InChI is InChI=1S/C14H17FN2O2S/c1-11-6-8-17(10-11)20(18,19)14-5-4-12(3-2-7-16)9-13(14)15/h4-5,9,11H,6-8,10,16H2,1H3. The summed E-state index contributed by atoms with van der Waals surface area (Å²) in [6.07, 6.45) is 0.806. The van der Waals surface area contributed by atoms with Gasteiger partial charge in [-0.25, -0.2) is 12.8 Å². The zero-order valence-electron chi connectivity index (χ0n) is 11.3. The lowest BCUT2D eigenvalue weighted by molar-refractivity contribution is 0.458. The molecule has 1 aromatic carbocycles. The largest absolute Gasteiger partial charge is 0.320 e. The van der Waals surface area contributed by atoms with E-state index in [1.54, 1.807) is 0 Å². The van der Waals surface area contributed by atoms with E-state index in [0.717, 1.165) is 12.5 Å². The molecule has 0 bridgehead atoms. The average molecular weight is 296 g/mol. The van der Waals surface area contributed by atoms with E-state index in [-0.39, 0.29) is 11.4 Å². The molecule has 0 radical (unpaired) electrons. The molecule has 1 unspecified atom stereocenters. The summed E-state index contributed by atoms with van der Waals surface area (Å²) in [5, 5.41) is 0. The molecule has 1 aliphatic rings. The SMILES string of the molecule is CC1CCN(S(=O)(=O)c2ccc(C#CCN)cc2F)C1. The van der Waals surface area contributed by atoms with Crippen LogP contribution in [0.3, 0.4) is 0 Å². The second-order valence-electron chi connectivity index (χ2n) is 4.91. The van der Waals surface area contributed by atoms with Crippen LogP contribution in [0.4, 0.5) is 4.39 Å². The minimum absolute atomic E-state index is 0.174. The summed E-state index contributed by atoms with van der Waals surface area (Å²) in [6.45, 7) is 3.04. The highest BCUT2D eigenvalue weighted by Gasteiger charge is 2.32. The van der Waals surface area contributed by atoms with E-state index in [4.69, 9.17) is 5.73 Å². The molecule has 0 saturated carbocycles. The predicted octanol–water partition coefficient (Wildman–Crippen LogP) is 1.17. The third-order valence-electron chi connectivity index (χ3n) is 3.27. The van der Waals surface area contributed by atoms with E-state index in [1.807, 2.05) is 6.92 Å². The molecule has 1 fully saturated rings. The maximum absolute atomic E-state index is 14.0. The molecule has 1 saturated heterocycles. The van der Waals surface area contributed by atoms with Gasteiger partial charge in [0.15, 0.2) is 0 Å². The first-order valence-electron chi connectivity index (χ1n) is 6.44. The van der Waals surface area contributed by atoms with Crippen LogP contribution in [0.15, 0.2) is 23.1 Å². The molecule has 108 valence electrons. The van der Waals surface area contributed by atoms with Gasteiger partial charge in [0.2, 0.25) is 10.0 Å². The number of rotatable bonds is 2. The van der Waals surface area contributed by atoms with Gasteiger partial charge in [0, 0.05) is 18.7 Å². The lowest BCUT2D eigenvalue weighted by atomic mass is 10.2. The molecule has 1 atom stereocenters. The second-order valence-corrected chi connectivity index (χ2v) is 6.81. The lowest BCUT2D eigenvalue weighted by Crippen LogP contribution is -2.29. The highest BCUT2D eigenvalue weighted by molar-refractivity contribution is 7.89. The van der Waals surface area contributed by atoms with Gasteiger partial charge >= 0.3 is 0 Å². The normalized spacial score (nSPS) is 19.6. The van der Waals surface area contributed by atoms with Crippen molar-refractivity contribution < 1.29 is 12.8 Å². The van der Waals surface area contributed by atoms with E-state index in [0.29, 0.717) is 24.6 Å². The molecule has 1 heterocycles. The summed E-state index contributed by atoms with van der Waals surface area (Å²) in [7, 11) is -3.75. The van der Waals surface area contributed by atoms with Gasteiger partial charge in [-0.1, -0.05) is 18.8 Å². The Morgan fingerprint density at radius 1 is 1.50 bits per heavy atom. The van der Waals surface area contributed by atoms with Crippen molar-refractivity contribution in [2.24, 2.45) is 11.7 Å². The van der Waals surface area contributed by atoms with E-state index < -0.39 is 15.8 Å². The van der Waals surface area contributed by atoms with Crippen LogP contribution in [0.1, 0.15) is 18.9 Å². The number of sulfonamides is 1. The van der Waals surface area contributed by atoms with Crippen molar-refractivity contribution in [2.75, 3.05) is 19.6 Å². The van der Waals surface area contributed by atoms with E-state index >= 15 is 0 Å².